The van der Waals surface area contributed by atoms with Gasteiger partial charge < -0.3 is 19.9 Å². The Kier molecular flexibility index (Phi) is 10.5. The fourth-order valence-corrected chi connectivity index (χ4v) is 4.99. The fraction of sp³-hybridized carbons (Fsp3) is 0.379. The van der Waals surface area contributed by atoms with Crippen LogP contribution in [0.3, 0.4) is 0 Å². The van der Waals surface area contributed by atoms with Crippen molar-refractivity contribution in [1.82, 2.24) is 10.2 Å². The van der Waals surface area contributed by atoms with Crippen LogP contribution in [0.15, 0.2) is 54.6 Å². The summed E-state index contributed by atoms with van der Waals surface area (Å²) in [6.07, 6.45) is 0.808. The van der Waals surface area contributed by atoms with E-state index in [1.807, 2.05) is 24.3 Å². The van der Waals surface area contributed by atoms with Crippen molar-refractivity contribution in [3.05, 3.63) is 81.0 Å². The van der Waals surface area contributed by atoms with Crippen molar-refractivity contribution >= 4 is 23.2 Å². The monoisotopic (exact) mass is 524 g/mol. The van der Waals surface area contributed by atoms with Crippen LogP contribution in [0.4, 0.5) is 0 Å². The average Bonchev–Trinajstić information content (AvgIpc) is 3.35. The zero-order valence-corrected chi connectivity index (χ0v) is 22.8. The Hall–Kier alpha value is -3.36. The molecule has 0 aliphatic carbocycles. The maximum atomic E-state index is 12.4. The number of carboxylic acids is 1. The number of amides is 1. The Morgan fingerprint density at radius 3 is 2.46 bits per heavy atom. The number of ether oxygens (including phenoxy) is 2. The van der Waals surface area contributed by atoms with Crippen molar-refractivity contribution in [1.29, 1.82) is 0 Å². The van der Waals surface area contributed by atoms with E-state index in [0.29, 0.717) is 35.4 Å². The average molecular weight is 525 g/mol. The lowest BCUT2D eigenvalue weighted by Gasteiger charge is -2.23. The van der Waals surface area contributed by atoms with E-state index in [-0.39, 0.29) is 18.9 Å². The molecule has 3 rings (SSSR count). The molecule has 0 aliphatic rings. The third-order valence-corrected chi connectivity index (χ3v) is 7.15. The van der Waals surface area contributed by atoms with E-state index in [1.54, 1.807) is 20.3 Å². The highest BCUT2D eigenvalue weighted by molar-refractivity contribution is 7.14. The van der Waals surface area contributed by atoms with Gasteiger partial charge in [0.2, 0.25) is 0 Å². The van der Waals surface area contributed by atoms with Crippen molar-refractivity contribution in [2.75, 3.05) is 27.3 Å². The Morgan fingerprint density at radius 2 is 1.76 bits per heavy atom. The van der Waals surface area contributed by atoms with E-state index in [4.69, 9.17) is 14.6 Å². The number of rotatable bonds is 14. The molecule has 2 N–H and O–H groups in total. The molecule has 2 aromatic carbocycles. The minimum atomic E-state index is -0.933. The minimum absolute atomic E-state index is 0.0961. The van der Waals surface area contributed by atoms with Crippen LogP contribution in [0.5, 0.6) is 11.5 Å². The van der Waals surface area contributed by atoms with E-state index in [2.05, 4.69) is 48.3 Å². The number of hydrogen-bond donors (Lipinski definition) is 2. The molecule has 37 heavy (non-hydrogen) atoms. The first-order valence-electron chi connectivity index (χ1n) is 12.4. The van der Waals surface area contributed by atoms with Gasteiger partial charge >= 0.3 is 5.97 Å². The molecule has 0 aliphatic heterocycles. The Morgan fingerprint density at radius 1 is 0.973 bits per heavy atom. The number of benzene rings is 2. The highest BCUT2D eigenvalue weighted by atomic mass is 32.1. The number of methoxy groups -OCH3 is 2. The molecular formula is C29H36N2O5S. The highest BCUT2D eigenvalue weighted by Gasteiger charge is 2.15. The van der Waals surface area contributed by atoms with Crippen molar-refractivity contribution in [3.8, 4) is 11.5 Å². The van der Waals surface area contributed by atoms with Crippen molar-refractivity contribution < 1.29 is 24.2 Å². The molecule has 3 aromatic rings. The van der Waals surface area contributed by atoms with Gasteiger partial charge in [-0.1, -0.05) is 44.2 Å². The van der Waals surface area contributed by atoms with Crippen LogP contribution in [0.25, 0.3) is 0 Å². The van der Waals surface area contributed by atoms with Crippen molar-refractivity contribution in [2.24, 2.45) is 0 Å². The third kappa shape index (κ3) is 8.61. The summed E-state index contributed by atoms with van der Waals surface area (Å²) >= 11 is 1.43. The Bertz CT molecular complexity index is 1190. The first-order valence-corrected chi connectivity index (χ1v) is 13.2. The van der Waals surface area contributed by atoms with Crippen LogP contribution >= 0.6 is 11.3 Å². The predicted octanol–water partition coefficient (Wildman–Crippen LogP) is 5.34. The summed E-state index contributed by atoms with van der Waals surface area (Å²) < 4.78 is 10.9. The van der Waals surface area contributed by atoms with Crippen LogP contribution in [-0.2, 0) is 24.3 Å². The topological polar surface area (TPSA) is 88.1 Å². The smallest absolute Gasteiger partial charge is 0.305 e. The molecule has 0 atom stereocenters. The second-order valence-electron chi connectivity index (χ2n) is 9.22. The zero-order valence-electron chi connectivity index (χ0n) is 22.0. The standard InChI is InChI=1S/C29H36N2O5S/c1-20(2)23-7-5-6-21(16-23)13-15-31(18-22-8-10-25(35-3)26(17-22)36-4)19-24-9-11-27(37-24)29(34)30-14-12-28(32)33/h5-11,16-17,20H,12-15,18-19H2,1-4H3,(H,30,34)(H,32,33). The van der Waals surface area contributed by atoms with Crippen LogP contribution in [0, 0.1) is 0 Å². The number of nitrogens with zero attached hydrogens (tertiary/aromatic N) is 1. The minimum Gasteiger partial charge on any atom is -0.493 e. The summed E-state index contributed by atoms with van der Waals surface area (Å²) in [5, 5.41) is 11.5. The number of carboxylic acid groups (broad SMARTS) is 1. The number of thiophene rings is 1. The lowest BCUT2D eigenvalue weighted by molar-refractivity contribution is -0.136. The third-order valence-electron chi connectivity index (χ3n) is 6.08. The molecule has 8 heteroatoms. The molecule has 0 bridgehead atoms. The normalized spacial score (nSPS) is 11.1. The molecule has 1 aromatic heterocycles. The molecule has 0 radical (unpaired) electrons. The second-order valence-corrected chi connectivity index (χ2v) is 10.4. The van der Waals surface area contributed by atoms with E-state index >= 15 is 0 Å². The molecule has 198 valence electrons. The lowest BCUT2D eigenvalue weighted by atomic mass is 9.99. The number of aliphatic carboxylic acids is 1. The molecular weight excluding hydrogens is 488 g/mol. The molecule has 0 saturated carbocycles. The van der Waals surface area contributed by atoms with Crippen LogP contribution in [0.1, 0.15) is 57.4 Å². The van der Waals surface area contributed by atoms with Crippen LogP contribution < -0.4 is 14.8 Å². The molecule has 1 heterocycles. The summed E-state index contributed by atoms with van der Waals surface area (Å²) in [7, 11) is 3.26. The van der Waals surface area contributed by atoms with E-state index < -0.39 is 5.97 Å². The lowest BCUT2D eigenvalue weighted by Crippen LogP contribution is -2.25. The van der Waals surface area contributed by atoms with Gasteiger partial charge in [0, 0.05) is 31.1 Å². The van der Waals surface area contributed by atoms with Gasteiger partial charge in [0.1, 0.15) is 0 Å². The number of nitrogens with one attached hydrogen (secondary N) is 1. The Balaban J connectivity index is 1.74. The van der Waals surface area contributed by atoms with E-state index in [0.717, 1.165) is 23.4 Å². The Labute approximate surface area is 223 Å². The van der Waals surface area contributed by atoms with Crippen LogP contribution in [-0.4, -0.2) is 49.2 Å². The summed E-state index contributed by atoms with van der Waals surface area (Å²) in [6, 6.07) is 18.5. The first-order chi connectivity index (χ1) is 17.8. The molecule has 0 spiro atoms. The predicted molar refractivity (Wildman–Crippen MR) is 147 cm³/mol. The van der Waals surface area contributed by atoms with E-state index in [9.17, 15) is 9.59 Å². The number of hydrogen-bond acceptors (Lipinski definition) is 6. The van der Waals surface area contributed by atoms with Crippen molar-refractivity contribution in [2.45, 2.75) is 45.7 Å². The molecule has 7 nitrogen and oxygen atoms in total. The summed E-state index contributed by atoms with van der Waals surface area (Å²) in [6.45, 7) is 6.76. The van der Waals surface area contributed by atoms with Gasteiger partial charge in [0.05, 0.1) is 25.5 Å². The second kappa shape index (κ2) is 13.8. The van der Waals surface area contributed by atoms with Gasteiger partial charge in [-0.05, 0) is 53.3 Å². The summed E-state index contributed by atoms with van der Waals surface area (Å²) in [5.41, 5.74) is 3.74. The maximum Gasteiger partial charge on any atom is 0.305 e. The van der Waals surface area contributed by atoms with Gasteiger partial charge in [-0.2, -0.15) is 0 Å². The molecule has 0 saturated heterocycles. The van der Waals surface area contributed by atoms with Gasteiger partial charge in [-0.15, -0.1) is 11.3 Å². The van der Waals surface area contributed by atoms with Gasteiger partial charge in [-0.25, -0.2) is 0 Å². The quantitative estimate of drug-likeness (QED) is 0.296. The fourth-order valence-electron chi connectivity index (χ4n) is 4.02. The summed E-state index contributed by atoms with van der Waals surface area (Å²) in [4.78, 5) is 27.1. The molecule has 0 fully saturated rings. The SMILES string of the molecule is COc1ccc(CN(CCc2cccc(C(C)C)c2)Cc2ccc(C(=O)NCCC(=O)O)s2)cc1OC. The molecule has 1 amide bonds. The van der Waals surface area contributed by atoms with Crippen molar-refractivity contribution in [3.63, 3.8) is 0 Å². The summed E-state index contributed by atoms with van der Waals surface area (Å²) in [5.74, 6) is 0.696. The number of carbonyl (C=O) groups excluding carboxylic acids is 1. The van der Waals surface area contributed by atoms with Crippen LogP contribution in [0.2, 0.25) is 0 Å². The van der Waals surface area contributed by atoms with E-state index in [1.165, 1.54) is 22.5 Å². The number of carbonyl (C=O) groups is 2. The first kappa shape index (κ1) is 28.2. The molecule has 0 unspecified atom stereocenters. The van der Waals surface area contributed by atoms with Gasteiger partial charge in [0.15, 0.2) is 11.5 Å². The van der Waals surface area contributed by atoms with Gasteiger partial charge in [0.25, 0.3) is 5.91 Å². The largest absolute Gasteiger partial charge is 0.493 e. The maximum absolute atomic E-state index is 12.4. The zero-order chi connectivity index (χ0) is 26.8. The highest BCUT2D eigenvalue weighted by Crippen LogP contribution is 2.29. The van der Waals surface area contributed by atoms with Gasteiger partial charge in [-0.3, -0.25) is 14.5 Å².